The highest BCUT2D eigenvalue weighted by atomic mass is 127. The van der Waals surface area contributed by atoms with Gasteiger partial charge in [-0.15, -0.1) is 0 Å². The van der Waals surface area contributed by atoms with Gasteiger partial charge in [0.05, 0.1) is 6.33 Å². The number of imidazole rings is 1. The number of halogens is 4. The molecule has 1 aromatic carbocycles. The molecule has 0 radical (unpaired) electrons. The molecule has 0 N–H and O–H groups in total. The van der Waals surface area contributed by atoms with E-state index in [1.807, 2.05) is 10.8 Å². The number of hydrogen-bond acceptors (Lipinski definition) is 4. The molecule has 0 bridgehead atoms. The minimum atomic E-state index is -4.64. The minimum Gasteiger partial charge on any atom is -0.332 e. The Kier molecular flexibility index (Phi) is 3.89. The molecule has 0 saturated carbocycles. The molecular weight excluding hydrogens is 412 g/mol. The number of hydrogen-bond donors (Lipinski definition) is 0. The lowest BCUT2D eigenvalue weighted by atomic mass is 10.1. The largest absolute Gasteiger partial charge is 0.471 e. The van der Waals surface area contributed by atoms with Crippen LogP contribution in [0.15, 0.2) is 41.3 Å². The number of benzene rings is 1. The zero-order valence-electron chi connectivity index (χ0n) is 10.9. The van der Waals surface area contributed by atoms with Crippen molar-refractivity contribution >= 4 is 22.6 Å². The van der Waals surface area contributed by atoms with E-state index < -0.39 is 12.1 Å². The maximum atomic E-state index is 12.4. The van der Waals surface area contributed by atoms with Gasteiger partial charge in [-0.05, 0) is 28.2 Å². The highest BCUT2D eigenvalue weighted by Crippen LogP contribution is 2.29. The molecule has 0 amide bonds. The zero-order chi connectivity index (χ0) is 15.7. The molecule has 3 aromatic rings. The molecule has 5 nitrogen and oxygen atoms in total. The molecule has 114 valence electrons. The van der Waals surface area contributed by atoms with Crippen LogP contribution < -0.4 is 0 Å². The van der Waals surface area contributed by atoms with E-state index in [4.69, 9.17) is 0 Å². The van der Waals surface area contributed by atoms with Crippen LogP contribution in [0, 0.1) is 3.70 Å². The number of nitrogens with zero attached hydrogens (tertiary/aromatic N) is 4. The van der Waals surface area contributed by atoms with E-state index >= 15 is 0 Å². The first-order chi connectivity index (χ1) is 10.4. The van der Waals surface area contributed by atoms with Crippen molar-refractivity contribution in [3.05, 3.63) is 51.9 Å². The molecule has 0 saturated heterocycles. The second kappa shape index (κ2) is 5.71. The fourth-order valence-corrected chi connectivity index (χ4v) is 2.33. The predicted octanol–water partition coefficient (Wildman–Crippen LogP) is 3.60. The molecule has 9 heteroatoms. The Bertz CT molecular complexity index is 779. The summed E-state index contributed by atoms with van der Waals surface area (Å²) in [7, 11) is 0. The van der Waals surface area contributed by atoms with Crippen molar-refractivity contribution in [2.45, 2.75) is 12.7 Å². The van der Waals surface area contributed by atoms with E-state index in [1.165, 1.54) is 0 Å². The maximum Gasteiger partial charge on any atom is 0.471 e. The molecule has 2 heterocycles. The Labute approximate surface area is 136 Å². The summed E-state index contributed by atoms with van der Waals surface area (Å²) in [4.78, 5) is 7.46. The van der Waals surface area contributed by atoms with Gasteiger partial charge in [-0.3, -0.25) is 0 Å². The van der Waals surface area contributed by atoms with Gasteiger partial charge >= 0.3 is 12.1 Å². The van der Waals surface area contributed by atoms with Crippen LogP contribution in [0.4, 0.5) is 13.2 Å². The second-order valence-corrected chi connectivity index (χ2v) is 5.59. The van der Waals surface area contributed by atoms with Crippen LogP contribution in [0.1, 0.15) is 11.5 Å². The first-order valence-electron chi connectivity index (χ1n) is 6.09. The van der Waals surface area contributed by atoms with Crippen molar-refractivity contribution in [1.82, 2.24) is 19.7 Å². The molecule has 2 aromatic heterocycles. The molecule has 3 rings (SSSR count). The molecule has 22 heavy (non-hydrogen) atoms. The first-order valence-corrected chi connectivity index (χ1v) is 7.17. The highest BCUT2D eigenvalue weighted by Gasteiger charge is 2.38. The average Bonchev–Trinajstić information content (AvgIpc) is 3.08. The summed E-state index contributed by atoms with van der Waals surface area (Å²) in [6.07, 6.45) is -1.03. The van der Waals surface area contributed by atoms with E-state index in [-0.39, 0.29) is 5.82 Å². The van der Waals surface area contributed by atoms with Gasteiger partial charge in [0.2, 0.25) is 5.82 Å². The Hall–Kier alpha value is -1.91. The topological polar surface area (TPSA) is 56.7 Å². The van der Waals surface area contributed by atoms with E-state index in [2.05, 4.69) is 42.2 Å². The third-order valence-electron chi connectivity index (χ3n) is 2.85. The average molecular weight is 420 g/mol. The smallest absolute Gasteiger partial charge is 0.332 e. The summed E-state index contributed by atoms with van der Waals surface area (Å²) >= 11 is 2.11. The normalized spacial score (nSPS) is 11.8. The third-order valence-corrected chi connectivity index (χ3v) is 3.40. The summed E-state index contributed by atoms with van der Waals surface area (Å²) in [5, 5.41) is 3.35. The van der Waals surface area contributed by atoms with Gasteiger partial charge in [0.1, 0.15) is 3.70 Å². The molecule has 0 spiro atoms. The van der Waals surface area contributed by atoms with Crippen LogP contribution in [0.3, 0.4) is 0 Å². The Morgan fingerprint density at radius 1 is 1.18 bits per heavy atom. The van der Waals surface area contributed by atoms with Crippen molar-refractivity contribution < 1.29 is 17.7 Å². The number of aromatic nitrogens is 4. The zero-order valence-corrected chi connectivity index (χ0v) is 13.0. The molecule has 0 fully saturated rings. The summed E-state index contributed by atoms with van der Waals surface area (Å²) in [5.41, 5.74) is 1.44. The lowest BCUT2D eigenvalue weighted by molar-refractivity contribution is -0.159. The monoisotopic (exact) mass is 420 g/mol. The van der Waals surface area contributed by atoms with Crippen LogP contribution in [0.5, 0.6) is 0 Å². The van der Waals surface area contributed by atoms with Crippen molar-refractivity contribution in [2.24, 2.45) is 0 Å². The SMILES string of the molecule is FC(F)(F)c1nc(-c2ccc(Cn3cnc(I)c3)cc2)no1. The van der Waals surface area contributed by atoms with Crippen molar-refractivity contribution in [3.8, 4) is 11.4 Å². The first kappa shape index (κ1) is 15.0. The van der Waals surface area contributed by atoms with Gasteiger partial charge in [-0.25, -0.2) is 4.98 Å². The highest BCUT2D eigenvalue weighted by molar-refractivity contribution is 14.1. The summed E-state index contributed by atoms with van der Waals surface area (Å²) in [6, 6.07) is 6.90. The number of rotatable bonds is 3. The Morgan fingerprint density at radius 2 is 1.91 bits per heavy atom. The van der Waals surface area contributed by atoms with Gasteiger partial charge in [0, 0.05) is 18.3 Å². The molecule has 0 aliphatic carbocycles. The van der Waals surface area contributed by atoms with Gasteiger partial charge in [-0.2, -0.15) is 18.2 Å². The fourth-order valence-electron chi connectivity index (χ4n) is 1.85. The van der Waals surface area contributed by atoms with Crippen molar-refractivity contribution in [1.29, 1.82) is 0 Å². The van der Waals surface area contributed by atoms with Gasteiger partial charge in [0.15, 0.2) is 0 Å². The third kappa shape index (κ3) is 3.29. The molecule has 0 unspecified atom stereocenters. The van der Waals surface area contributed by atoms with E-state index in [9.17, 15) is 13.2 Å². The van der Waals surface area contributed by atoms with Crippen molar-refractivity contribution in [3.63, 3.8) is 0 Å². The molecule has 0 aliphatic rings. The fraction of sp³-hybridized carbons (Fsp3) is 0.154. The van der Waals surface area contributed by atoms with Gasteiger partial charge in [-0.1, -0.05) is 29.4 Å². The van der Waals surface area contributed by atoms with Crippen LogP contribution >= 0.6 is 22.6 Å². The second-order valence-electron chi connectivity index (χ2n) is 4.49. The van der Waals surface area contributed by atoms with E-state index in [0.717, 1.165) is 9.26 Å². The van der Waals surface area contributed by atoms with E-state index in [0.29, 0.717) is 12.1 Å². The van der Waals surface area contributed by atoms with Gasteiger partial charge < -0.3 is 9.09 Å². The van der Waals surface area contributed by atoms with Gasteiger partial charge in [0.25, 0.3) is 0 Å². The standard InChI is InChI=1S/C13H8F3IN4O/c14-13(15,16)12-19-11(20-22-12)9-3-1-8(2-4-9)5-21-6-10(17)18-7-21/h1-4,6-7H,5H2. The van der Waals surface area contributed by atoms with Crippen LogP contribution in [0.25, 0.3) is 11.4 Å². The lowest BCUT2D eigenvalue weighted by Gasteiger charge is -2.03. The summed E-state index contributed by atoms with van der Waals surface area (Å²) in [5.74, 6) is -1.43. The quantitative estimate of drug-likeness (QED) is 0.608. The predicted molar refractivity (Wildman–Crippen MR) is 78.8 cm³/mol. The molecule has 0 atom stereocenters. The van der Waals surface area contributed by atoms with Crippen LogP contribution in [0.2, 0.25) is 0 Å². The summed E-state index contributed by atoms with van der Waals surface area (Å²) < 4.78 is 44.3. The molecular formula is C13H8F3IN4O. The Morgan fingerprint density at radius 3 is 2.45 bits per heavy atom. The number of alkyl halides is 3. The van der Waals surface area contributed by atoms with Crippen molar-refractivity contribution in [2.75, 3.05) is 0 Å². The maximum absolute atomic E-state index is 12.4. The molecule has 0 aliphatic heterocycles. The lowest BCUT2D eigenvalue weighted by Crippen LogP contribution is -2.04. The van der Waals surface area contributed by atoms with Crippen LogP contribution in [-0.4, -0.2) is 19.7 Å². The van der Waals surface area contributed by atoms with E-state index in [1.54, 1.807) is 30.6 Å². The Balaban J connectivity index is 1.78. The minimum absolute atomic E-state index is 0.0870. The summed E-state index contributed by atoms with van der Waals surface area (Å²) in [6.45, 7) is 0.621. The van der Waals surface area contributed by atoms with Crippen LogP contribution in [-0.2, 0) is 12.7 Å².